The van der Waals surface area contributed by atoms with E-state index in [0.29, 0.717) is 0 Å². The number of benzene rings is 8. The van der Waals surface area contributed by atoms with Crippen LogP contribution < -0.4 is 4.90 Å². The molecule has 0 saturated carbocycles. The van der Waals surface area contributed by atoms with E-state index in [1.807, 2.05) is 0 Å². The lowest BCUT2D eigenvalue weighted by Crippen LogP contribution is -2.17. The van der Waals surface area contributed by atoms with E-state index in [0.717, 1.165) is 61.6 Å². The summed E-state index contributed by atoms with van der Waals surface area (Å²) >= 11 is 0. The van der Waals surface area contributed by atoms with Crippen molar-refractivity contribution in [3.8, 4) is 33.6 Å². The molecule has 1 aliphatic heterocycles. The molecule has 11 aromatic rings. The zero-order valence-corrected chi connectivity index (χ0v) is 29.6. The molecule has 5 heteroatoms. The molecule has 0 bridgehead atoms. The van der Waals surface area contributed by atoms with Crippen molar-refractivity contribution in [2.24, 2.45) is 0 Å². The number of hydrogen-bond donors (Lipinski definition) is 0. The summed E-state index contributed by atoms with van der Waals surface area (Å²) in [5.41, 5.74) is 14.7. The van der Waals surface area contributed by atoms with Crippen molar-refractivity contribution in [3.05, 3.63) is 188 Å². The summed E-state index contributed by atoms with van der Waals surface area (Å²) < 4.78 is 4.78. The number of para-hydroxylation sites is 5. The van der Waals surface area contributed by atoms with Gasteiger partial charge in [0.05, 0.1) is 38.7 Å². The fourth-order valence-electron chi connectivity index (χ4n) is 8.96. The molecule has 0 atom stereocenters. The zero-order chi connectivity index (χ0) is 36.0. The van der Waals surface area contributed by atoms with Crippen LogP contribution in [-0.4, -0.2) is 19.1 Å². The van der Waals surface area contributed by atoms with Gasteiger partial charge in [-0.05, 0) is 89.5 Å². The molecule has 256 valence electrons. The van der Waals surface area contributed by atoms with Gasteiger partial charge >= 0.3 is 0 Å². The van der Waals surface area contributed by atoms with Crippen LogP contribution in [0, 0.1) is 0 Å². The Labute approximate surface area is 316 Å². The van der Waals surface area contributed by atoms with E-state index in [4.69, 9.17) is 9.97 Å². The Hall–Kier alpha value is -7.50. The van der Waals surface area contributed by atoms with Gasteiger partial charge in [-0.2, -0.15) is 0 Å². The van der Waals surface area contributed by atoms with Gasteiger partial charge in [0.15, 0.2) is 0 Å². The molecular formula is C50H31N5. The van der Waals surface area contributed by atoms with Crippen molar-refractivity contribution in [1.29, 1.82) is 0 Å². The summed E-state index contributed by atoms with van der Waals surface area (Å²) in [4.78, 5) is 12.1. The Morgan fingerprint density at radius 2 is 0.964 bits per heavy atom. The maximum Gasteiger partial charge on any atom is 0.149 e. The molecule has 12 rings (SSSR count). The topological polar surface area (TPSA) is 38.9 Å². The fourth-order valence-corrected chi connectivity index (χ4v) is 8.96. The van der Waals surface area contributed by atoms with Gasteiger partial charge in [-0.3, -0.25) is 4.90 Å². The van der Waals surface area contributed by atoms with Crippen LogP contribution in [0.5, 0.6) is 0 Å². The van der Waals surface area contributed by atoms with Crippen LogP contribution in [0.25, 0.3) is 88.1 Å². The highest BCUT2D eigenvalue weighted by Gasteiger charge is 2.28. The van der Waals surface area contributed by atoms with Crippen LogP contribution in [0.1, 0.15) is 0 Å². The minimum absolute atomic E-state index is 0.893. The largest absolute Gasteiger partial charge is 0.309 e. The lowest BCUT2D eigenvalue weighted by Gasteiger charge is -2.32. The van der Waals surface area contributed by atoms with E-state index in [2.05, 4.69) is 196 Å². The van der Waals surface area contributed by atoms with Crippen LogP contribution in [0.15, 0.2) is 188 Å². The molecule has 55 heavy (non-hydrogen) atoms. The predicted octanol–water partition coefficient (Wildman–Crippen LogP) is 12.9. The number of aromatic nitrogens is 4. The molecule has 0 unspecified atom stereocenters. The summed E-state index contributed by atoms with van der Waals surface area (Å²) in [5.74, 6) is 0.893. The molecule has 0 fully saturated rings. The van der Waals surface area contributed by atoms with E-state index in [9.17, 15) is 0 Å². The first-order chi connectivity index (χ1) is 27.3. The van der Waals surface area contributed by atoms with Crippen LogP contribution in [-0.2, 0) is 0 Å². The molecule has 4 heterocycles. The van der Waals surface area contributed by atoms with E-state index in [1.54, 1.807) is 6.33 Å². The lowest BCUT2D eigenvalue weighted by atomic mass is 9.93. The second-order valence-electron chi connectivity index (χ2n) is 14.3. The second kappa shape index (κ2) is 11.5. The summed E-state index contributed by atoms with van der Waals surface area (Å²) in [7, 11) is 0. The molecule has 0 saturated heterocycles. The molecular weight excluding hydrogens is 671 g/mol. The smallest absolute Gasteiger partial charge is 0.149 e. The average molecular weight is 702 g/mol. The Kier molecular flexibility index (Phi) is 6.27. The Bertz CT molecular complexity index is 3320. The number of rotatable bonds is 4. The van der Waals surface area contributed by atoms with Gasteiger partial charge in [0.2, 0.25) is 0 Å². The summed E-state index contributed by atoms with van der Waals surface area (Å²) in [6.45, 7) is 0. The molecule has 0 spiro atoms. The Morgan fingerprint density at radius 3 is 1.76 bits per heavy atom. The maximum atomic E-state index is 4.91. The van der Waals surface area contributed by atoms with Crippen LogP contribution in [0.3, 0.4) is 0 Å². The monoisotopic (exact) mass is 701 g/mol. The number of hydrogen-bond acceptors (Lipinski definition) is 3. The van der Waals surface area contributed by atoms with Crippen molar-refractivity contribution in [2.45, 2.75) is 0 Å². The highest BCUT2D eigenvalue weighted by Crippen LogP contribution is 2.50. The first-order valence-corrected chi connectivity index (χ1v) is 18.7. The molecule has 8 aromatic carbocycles. The van der Waals surface area contributed by atoms with Gasteiger partial charge in [-0.15, -0.1) is 0 Å². The van der Waals surface area contributed by atoms with Crippen molar-refractivity contribution in [3.63, 3.8) is 0 Å². The van der Waals surface area contributed by atoms with E-state index in [1.165, 1.54) is 43.7 Å². The Morgan fingerprint density at radius 1 is 0.364 bits per heavy atom. The van der Waals surface area contributed by atoms with Crippen molar-refractivity contribution in [1.82, 2.24) is 19.1 Å². The van der Waals surface area contributed by atoms with Crippen molar-refractivity contribution >= 4 is 71.7 Å². The van der Waals surface area contributed by atoms with E-state index in [-0.39, 0.29) is 0 Å². The predicted molar refractivity (Wildman–Crippen MR) is 227 cm³/mol. The third kappa shape index (κ3) is 4.35. The quantitative estimate of drug-likeness (QED) is 0.183. The van der Waals surface area contributed by atoms with Crippen molar-refractivity contribution in [2.75, 3.05) is 4.90 Å². The molecule has 5 nitrogen and oxygen atoms in total. The summed E-state index contributed by atoms with van der Waals surface area (Å²) in [6.07, 6.45) is 1.70. The van der Waals surface area contributed by atoms with E-state index < -0.39 is 0 Å². The SMILES string of the molecule is c1ccc(N2c3ccccc3-c3cc(-n4c5ccccc5c5ccc(-c6ccc7c(c6)c6ccccc6n7-c6ccccc6)cc54)cc4ncnc2c34)cc1. The molecule has 0 amide bonds. The first-order valence-electron chi connectivity index (χ1n) is 18.7. The second-order valence-corrected chi connectivity index (χ2v) is 14.3. The van der Waals surface area contributed by atoms with Gasteiger partial charge in [-0.25, -0.2) is 9.97 Å². The first kappa shape index (κ1) is 30.0. The molecule has 0 aliphatic carbocycles. The van der Waals surface area contributed by atoms with Gasteiger partial charge in [0.1, 0.15) is 12.1 Å². The van der Waals surface area contributed by atoms with Crippen molar-refractivity contribution < 1.29 is 0 Å². The number of nitrogens with zero attached hydrogens (tertiary/aromatic N) is 5. The lowest BCUT2D eigenvalue weighted by molar-refractivity contribution is 1.13. The standard InChI is InChI=1S/C50H31N5/c1-3-13-34(14-4-1)53-45-21-11-8-18-38(45)41-27-32(24-26-47(41)53)33-23-25-40-37-17-7-10-20-44(37)54(48(40)28-33)36-29-42-39-19-9-12-22-46(39)55(35-15-5-2-6-16-35)50-49(42)43(30-36)51-31-52-50/h1-31H. The van der Waals surface area contributed by atoms with Crippen LogP contribution >= 0.6 is 0 Å². The third-order valence-corrected chi connectivity index (χ3v) is 11.3. The Balaban J connectivity index is 1.09. The molecule has 3 aromatic heterocycles. The molecule has 1 aliphatic rings. The normalized spacial score (nSPS) is 12.3. The minimum Gasteiger partial charge on any atom is -0.309 e. The highest BCUT2D eigenvalue weighted by atomic mass is 15.2. The van der Waals surface area contributed by atoms with Gasteiger partial charge < -0.3 is 9.13 Å². The average Bonchev–Trinajstić information content (AvgIpc) is 3.76. The number of anilines is 3. The number of fused-ring (bicyclic) bond motifs is 8. The summed E-state index contributed by atoms with van der Waals surface area (Å²) in [5, 5.41) is 5.98. The highest BCUT2D eigenvalue weighted by molar-refractivity contribution is 6.15. The summed E-state index contributed by atoms with van der Waals surface area (Å²) in [6, 6.07) is 65.6. The fraction of sp³-hybridized carbons (Fsp3) is 0. The van der Waals surface area contributed by atoms with Crippen LogP contribution in [0.4, 0.5) is 17.2 Å². The minimum atomic E-state index is 0.893. The van der Waals surface area contributed by atoms with Crippen LogP contribution in [0.2, 0.25) is 0 Å². The van der Waals surface area contributed by atoms with Gasteiger partial charge in [-0.1, -0.05) is 109 Å². The maximum absolute atomic E-state index is 4.91. The third-order valence-electron chi connectivity index (χ3n) is 11.3. The van der Waals surface area contributed by atoms with Gasteiger partial charge in [0.25, 0.3) is 0 Å². The van der Waals surface area contributed by atoms with E-state index >= 15 is 0 Å². The zero-order valence-electron chi connectivity index (χ0n) is 29.6. The molecule has 0 radical (unpaired) electrons. The van der Waals surface area contributed by atoms with Gasteiger partial charge in [0, 0.05) is 44.2 Å². The molecule has 0 N–H and O–H groups in total.